The molecule has 4 amide bonds. The number of benzene rings is 3. The lowest BCUT2D eigenvalue weighted by atomic mass is 9.48. The Morgan fingerprint density at radius 3 is 2.21 bits per heavy atom. The van der Waals surface area contributed by atoms with E-state index in [0.717, 1.165) is 28.2 Å². The van der Waals surface area contributed by atoms with Gasteiger partial charge >= 0.3 is 6.03 Å². The third kappa shape index (κ3) is 5.16. The number of methoxy groups -OCH3 is 1. The summed E-state index contributed by atoms with van der Waals surface area (Å²) in [6, 6.07) is 20.3. The molecule has 220 valence electrons. The molecule has 4 aliphatic carbocycles. The fourth-order valence-electron chi connectivity index (χ4n) is 8.18. The van der Waals surface area contributed by atoms with Crippen molar-refractivity contribution in [1.82, 2.24) is 5.32 Å². The van der Waals surface area contributed by atoms with Crippen molar-refractivity contribution in [2.45, 2.75) is 50.5 Å². The van der Waals surface area contributed by atoms with E-state index in [2.05, 4.69) is 33.4 Å². The van der Waals surface area contributed by atoms with E-state index >= 15 is 0 Å². The number of nitrogens with zero attached hydrogens (tertiary/aromatic N) is 1. The maximum absolute atomic E-state index is 13.6. The van der Waals surface area contributed by atoms with Crippen molar-refractivity contribution in [3.63, 3.8) is 0 Å². The molecule has 0 radical (unpaired) electrons. The van der Waals surface area contributed by atoms with Crippen molar-refractivity contribution >= 4 is 45.5 Å². The van der Waals surface area contributed by atoms with E-state index in [-0.39, 0.29) is 11.0 Å². The summed E-state index contributed by atoms with van der Waals surface area (Å²) in [5.41, 5.74) is 3.36. The predicted octanol–water partition coefficient (Wildman–Crippen LogP) is 7.17. The largest absolute Gasteiger partial charge is 0.493 e. The first kappa shape index (κ1) is 27.9. The number of ether oxygens (including phenoxy) is 2. The number of hydrogen-bond donors (Lipinski definition) is 1. The summed E-state index contributed by atoms with van der Waals surface area (Å²) in [5, 5.41) is 2.34. The number of anilines is 1. The molecule has 3 aromatic carbocycles. The molecule has 3 aromatic rings. The number of hydrogen-bond acceptors (Lipinski definition) is 5. The van der Waals surface area contributed by atoms with Crippen LogP contribution in [-0.4, -0.2) is 25.0 Å². The van der Waals surface area contributed by atoms with Gasteiger partial charge in [-0.2, -0.15) is 0 Å². The third-order valence-corrected chi connectivity index (χ3v) is 10.3. The minimum absolute atomic E-state index is 0.142. The summed E-state index contributed by atoms with van der Waals surface area (Å²) in [6.07, 6.45) is 9.28. The molecule has 8 heteroatoms. The second-order valence-corrected chi connectivity index (χ2v) is 13.4. The van der Waals surface area contributed by atoms with Gasteiger partial charge in [-0.1, -0.05) is 42.5 Å². The Morgan fingerprint density at radius 2 is 1.58 bits per heavy atom. The van der Waals surface area contributed by atoms with Gasteiger partial charge in [0.1, 0.15) is 12.2 Å². The fourth-order valence-corrected chi connectivity index (χ4v) is 8.75. The van der Waals surface area contributed by atoms with Gasteiger partial charge in [0.2, 0.25) is 0 Å². The molecule has 0 spiro atoms. The Bertz CT molecular complexity index is 1600. The van der Waals surface area contributed by atoms with Gasteiger partial charge in [0.05, 0.1) is 17.3 Å². The SMILES string of the molecule is COc1cc(/C=C2\C(=O)NC(=O)N(c3ccc(C45CC6CC(CC(C6)C4)C5)cc3)C2=O)cc(Br)c1OCc1ccccc1. The second-order valence-electron chi connectivity index (χ2n) is 12.5. The summed E-state index contributed by atoms with van der Waals surface area (Å²) in [4.78, 5) is 40.4. The van der Waals surface area contributed by atoms with Crippen LogP contribution in [0.4, 0.5) is 10.5 Å². The number of barbiturate groups is 1. The number of carbonyl (C=O) groups excluding carboxylic acids is 3. The summed E-state index contributed by atoms with van der Waals surface area (Å²) in [5.74, 6) is 2.00. The van der Waals surface area contributed by atoms with Gasteiger partial charge in [-0.3, -0.25) is 14.9 Å². The lowest BCUT2D eigenvalue weighted by Gasteiger charge is -2.57. The average Bonchev–Trinajstić information content (AvgIpc) is 2.98. The van der Waals surface area contributed by atoms with E-state index in [1.807, 2.05) is 42.5 Å². The molecule has 1 aliphatic heterocycles. The molecule has 8 rings (SSSR count). The van der Waals surface area contributed by atoms with Crippen LogP contribution in [0.25, 0.3) is 6.08 Å². The Labute approximate surface area is 259 Å². The smallest absolute Gasteiger partial charge is 0.335 e. The molecular weight excluding hydrogens is 608 g/mol. The molecule has 1 N–H and O–H groups in total. The molecule has 43 heavy (non-hydrogen) atoms. The first-order valence-corrected chi connectivity index (χ1v) is 15.7. The lowest BCUT2D eigenvalue weighted by molar-refractivity contribution is -0.122. The summed E-state index contributed by atoms with van der Waals surface area (Å²) in [7, 11) is 1.53. The summed E-state index contributed by atoms with van der Waals surface area (Å²) in [6.45, 7) is 0.343. The number of rotatable bonds is 7. The van der Waals surface area contributed by atoms with Gasteiger partial charge < -0.3 is 9.47 Å². The van der Waals surface area contributed by atoms with Gasteiger partial charge in [0.15, 0.2) is 11.5 Å². The Morgan fingerprint density at radius 1 is 0.930 bits per heavy atom. The first-order chi connectivity index (χ1) is 20.8. The topological polar surface area (TPSA) is 84.9 Å². The van der Waals surface area contributed by atoms with Crippen LogP contribution >= 0.6 is 15.9 Å². The van der Waals surface area contributed by atoms with Crippen molar-refractivity contribution in [2.24, 2.45) is 17.8 Å². The molecule has 0 atom stereocenters. The van der Waals surface area contributed by atoms with Crippen LogP contribution in [0.15, 0.2) is 76.8 Å². The lowest BCUT2D eigenvalue weighted by Crippen LogP contribution is -2.54. The van der Waals surface area contributed by atoms with Gasteiger partial charge in [-0.25, -0.2) is 9.69 Å². The van der Waals surface area contributed by atoms with E-state index in [1.165, 1.54) is 57.3 Å². The van der Waals surface area contributed by atoms with E-state index in [0.29, 0.717) is 33.8 Å². The zero-order valence-electron chi connectivity index (χ0n) is 24.0. The quantitative estimate of drug-likeness (QED) is 0.219. The molecule has 0 unspecified atom stereocenters. The number of carbonyl (C=O) groups is 3. The van der Waals surface area contributed by atoms with Crippen LogP contribution in [0.3, 0.4) is 0 Å². The van der Waals surface area contributed by atoms with Gasteiger partial charge in [0.25, 0.3) is 11.8 Å². The Balaban J connectivity index is 1.13. The van der Waals surface area contributed by atoms with E-state index < -0.39 is 17.8 Å². The van der Waals surface area contributed by atoms with Gasteiger partial charge in [-0.15, -0.1) is 0 Å². The molecular formula is C35H33BrN2O5. The second kappa shape index (κ2) is 11.0. The van der Waals surface area contributed by atoms with E-state index in [9.17, 15) is 14.4 Å². The van der Waals surface area contributed by atoms with Crippen molar-refractivity contribution in [3.05, 3.63) is 93.5 Å². The highest BCUT2D eigenvalue weighted by atomic mass is 79.9. The van der Waals surface area contributed by atoms with Crippen molar-refractivity contribution in [2.75, 3.05) is 12.0 Å². The van der Waals surface area contributed by atoms with E-state index in [4.69, 9.17) is 9.47 Å². The summed E-state index contributed by atoms with van der Waals surface area (Å²) >= 11 is 3.55. The van der Waals surface area contributed by atoms with Gasteiger partial charge in [-0.05, 0) is 125 Å². The third-order valence-electron chi connectivity index (χ3n) is 9.67. The molecule has 1 saturated heterocycles. The molecule has 5 aliphatic rings. The number of halogens is 1. The summed E-state index contributed by atoms with van der Waals surface area (Å²) < 4.78 is 12.2. The highest BCUT2D eigenvalue weighted by molar-refractivity contribution is 9.10. The van der Waals surface area contributed by atoms with Crippen LogP contribution in [0, 0.1) is 17.8 Å². The minimum Gasteiger partial charge on any atom is -0.493 e. The number of amides is 4. The highest BCUT2D eigenvalue weighted by Crippen LogP contribution is 2.60. The maximum atomic E-state index is 13.6. The maximum Gasteiger partial charge on any atom is 0.335 e. The van der Waals surface area contributed by atoms with Crippen molar-refractivity contribution in [1.29, 1.82) is 0 Å². The number of urea groups is 1. The number of imide groups is 2. The Kier molecular flexibility index (Phi) is 7.12. The first-order valence-electron chi connectivity index (χ1n) is 14.9. The van der Waals surface area contributed by atoms with Crippen LogP contribution in [0.1, 0.15) is 55.2 Å². The molecule has 4 saturated carbocycles. The Hall–Kier alpha value is -3.91. The molecule has 7 nitrogen and oxygen atoms in total. The van der Waals surface area contributed by atoms with Crippen LogP contribution in [0.2, 0.25) is 0 Å². The van der Waals surface area contributed by atoms with Crippen molar-refractivity contribution in [3.8, 4) is 11.5 Å². The minimum atomic E-state index is -0.752. The number of nitrogens with one attached hydrogen (secondary N) is 1. The molecule has 0 aromatic heterocycles. The van der Waals surface area contributed by atoms with Crippen LogP contribution < -0.4 is 19.7 Å². The molecule has 4 bridgehead atoms. The zero-order valence-corrected chi connectivity index (χ0v) is 25.6. The highest BCUT2D eigenvalue weighted by Gasteiger charge is 2.51. The average molecular weight is 642 g/mol. The normalized spacial score (nSPS) is 27.0. The zero-order chi connectivity index (χ0) is 29.7. The molecule has 1 heterocycles. The van der Waals surface area contributed by atoms with E-state index in [1.54, 1.807) is 12.1 Å². The van der Waals surface area contributed by atoms with Crippen LogP contribution in [-0.2, 0) is 21.6 Å². The standard InChI is InChI=1S/C35H33BrN2O5/c1-42-30-16-22(15-29(36)31(30)43-20-21-5-3-2-4-6-21)14-28-32(39)37-34(41)38(33(28)40)27-9-7-26(8-10-27)35-17-23-11-24(18-35)13-25(12-23)19-35/h2-10,14-16,23-25H,11-13,17-20H2,1H3,(H,37,39,41)/b28-14+. The predicted molar refractivity (Wildman–Crippen MR) is 167 cm³/mol. The van der Waals surface area contributed by atoms with Gasteiger partial charge in [0, 0.05) is 0 Å². The monoisotopic (exact) mass is 640 g/mol. The van der Waals surface area contributed by atoms with Crippen LogP contribution in [0.5, 0.6) is 11.5 Å². The fraction of sp³-hybridized carbons (Fsp3) is 0.343. The molecule has 5 fully saturated rings. The van der Waals surface area contributed by atoms with Crippen molar-refractivity contribution < 1.29 is 23.9 Å².